The molecular formula is C25H33N3O3. The number of aryl methyl sites for hydroxylation is 1. The lowest BCUT2D eigenvalue weighted by molar-refractivity contribution is -0.135. The molecule has 0 aliphatic carbocycles. The summed E-state index contributed by atoms with van der Waals surface area (Å²) in [7, 11) is 2.14. The first-order chi connectivity index (χ1) is 15.0. The summed E-state index contributed by atoms with van der Waals surface area (Å²) in [6, 6.07) is 11.9. The first kappa shape index (κ1) is 21.8. The molecule has 3 heterocycles. The van der Waals surface area contributed by atoms with Crippen molar-refractivity contribution in [3.05, 3.63) is 59.9 Å². The molecule has 31 heavy (non-hydrogen) atoms. The van der Waals surface area contributed by atoms with Crippen molar-refractivity contribution in [2.75, 3.05) is 39.9 Å². The molecule has 6 nitrogen and oxygen atoms in total. The van der Waals surface area contributed by atoms with Gasteiger partial charge in [-0.25, -0.2) is 0 Å². The van der Waals surface area contributed by atoms with Crippen LogP contribution in [0.2, 0.25) is 0 Å². The highest BCUT2D eigenvalue weighted by Gasteiger charge is 2.43. The van der Waals surface area contributed by atoms with Gasteiger partial charge in [-0.05, 0) is 62.4 Å². The molecule has 2 aliphatic heterocycles. The molecule has 2 saturated heterocycles. The number of pyridine rings is 1. The fourth-order valence-electron chi connectivity index (χ4n) is 4.68. The number of hydrogen-bond donors (Lipinski definition) is 0. The number of ether oxygens (including phenoxy) is 2. The Hall–Kier alpha value is -2.44. The zero-order valence-electron chi connectivity index (χ0n) is 18.6. The Kier molecular flexibility index (Phi) is 6.88. The number of nitrogens with zero attached hydrogens (tertiary/aromatic N) is 3. The van der Waals surface area contributed by atoms with Crippen LogP contribution < -0.4 is 4.74 Å². The first-order valence-electron chi connectivity index (χ1n) is 11.2. The second-order valence-electron chi connectivity index (χ2n) is 9.18. The molecule has 1 aromatic carbocycles. The summed E-state index contributed by atoms with van der Waals surface area (Å²) in [4.78, 5) is 21.0. The number of likely N-dealkylation sites (tertiary alicyclic amines) is 1. The number of aromatic nitrogens is 1. The van der Waals surface area contributed by atoms with Gasteiger partial charge in [0.2, 0.25) is 0 Å². The van der Waals surface area contributed by atoms with Gasteiger partial charge in [0.05, 0.1) is 12.7 Å². The summed E-state index contributed by atoms with van der Waals surface area (Å²) < 4.78 is 11.9. The largest absolute Gasteiger partial charge is 0.484 e. The van der Waals surface area contributed by atoms with Crippen LogP contribution in [0.15, 0.2) is 48.8 Å². The molecule has 0 radical (unpaired) electrons. The third kappa shape index (κ3) is 5.83. The van der Waals surface area contributed by atoms with Crippen molar-refractivity contribution in [1.82, 2.24) is 14.8 Å². The van der Waals surface area contributed by atoms with Crippen LogP contribution in [0.25, 0.3) is 0 Å². The molecule has 2 fully saturated rings. The van der Waals surface area contributed by atoms with E-state index in [2.05, 4.69) is 23.0 Å². The maximum absolute atomic E-state index is 12.6. The number of piperidine rings is 1. The van der Waals surface area contributed by atoms with Crippen LogP contribution >= 0.6 is 0 Å². The zero-order chi connectivity index (χ0) is 21.7. The van der Waals surface area contributed by atoms with Gasteiger partial charge in [0.25, 0.3) is 5.91 Å². The van der Waals surface area contributed by atoms with Gasteiger partial charge in [0, 0.05) is 38.6 Å². The monoisotopic (exact) mass is 423 g/mol. The molecule has 1 atom stereocenters. The molecule has 2 aliphatic rings. The fraction of sp³-hybridized carbons (Fsp3) is 0.520. The van der Waals surface area contributed by atoms with E-state index in [0.29, 0.717) is 0 Å². The highest BCUT2D eigenvalue weighted by Crippen LogP contribution is 2.42. The number of benzene rings is 1. The Labute approximate surface area is 185 Å². The van der Waals surface area contributed by atoms with E-state index in [-0.39, 0.29) is 24.0 Å². The Morgan fingerprint density at radius 2 is 2.03 bits per heavy atom. The van der Waals surface area contributed by atoms with Crippen LogP contribution in [-0.2, 0) is 16.1 Å². The van der Waals surface area contributed by atoms with Gasteiger partial charge < -0.3 is 14.4 Å². The van der Waals surface area contributed by atoms with Crippen molar-refractivity contribution in [2.24, 2.45) is 5.41 Å². The van der Waals surface area contributed by atoms with Gasteiger partial charge in [0.1, 0.15) is 5.75 Å². The SMILES string of the molecule is Cc1ccc(OCC(=O)N2CCC3(CC2)CO[C@@H](CN(C)Cc2cccnc2)C3)cc1. The van der Waals surface area contributed by atoms with Crippen LogP contribution in [0.4, 0.5) is 0 Å². The molecule has 166 valence electrons. The normalized spacial score (nSPS) is 20.4. The van der Waals surface area contributed by atoms with E-state index < -0.39 is 0 Å². The predicted molar refractivity (Wildman–Crippen MR) is 120 cm³/mol. The van der Waals surface area contributed by atoms with Gasteiger partial charge in [-0.2, -0.15) is 0 Å². The number of amides is 1. The molecule has 1 aromatic heterocycles. The third-order valence-corrected chi connectivity index (χ3v) is 6.54. The maximum atomic E-state index is 12.6. The van der Waals surface area contributed by atoms with E-state index in [1.54, 1.807) is 6.20 Å². The van der Waals surface area contributed by atoms with Crippen LogP contribution in [0.1, 0.15) is 30.4 Å². The van der Waals surface area contributed by atoms with E-state index in [4.69, 9.17) is 9.47 Å². The van der Waals surface area contributed by atoms with E-state index in [0.717, 1.165) is 57.8 Å². The number of likely N-dealkylation sites (N-methyl/N-ethyl adjacent to an activating group) is 1. The van der Waals surface area contributed by atoms with E-state index in [9.17, 15) is 4.79 Å². The van der Waals surface area contributed by atoms with E-state index in [1.807, 2.05) is 48.4 Å². The van der Waals surface area contributed by atoms with Crippen molar-refractivity contribution >= 4 is 5.91 Å². The van der Waals surface area contributed by atoms with Crippen molar-refractivity contribution in [1.29, 1.82) is 0 Å². The Balaban J connectivity index is 1.20. The topological polar surface area (TPSA) is 54.9 Å². The molecule has 0 saturated carbocycles. The quantitative estimate of drug-likeness (QED) is 0.684. The summed E-state index contributed by atoms with van der Waals surface area (Å²) in [6.45, 7) is 6.33. The van der Waals surface area contributed by atoms with Crippen LogP contribution in [0.3, 0.4) is 0 Å². The summed E-state index contributed by atoms with van der Waals surface area (Å²) in [5.74, 6) is 0.817. The van der Waals surface area contributed by atoms with Crippen molar-refractivity contribution in [3.63, 3.8) is 0 Å². The average molecular weight is 424 g/mol. The molecule has 0 N–H and O–H groups in total. The minimum Gasteiger partial charge on any atom is -0.484 e. The molecule has 4 rings (SSSR count). The standard InChI is InChI=1S/C25H33N3O3/c1-20-5-7-22(8-6-20)30-18-24(29)28-12-9-25(10-13-28)14-23(31-19-25)17-27(2)16-21-4-3-11-26-15-21/h3-8,11,15,23H,9-10,12-14,16-19H2,1-2H3/t23-/m1/s1. The molecule has 2 aromatic rings. The summed E-state index contributed by atoms with van der Waals surface area (Å²) in [6.07, 6.45) is 7.07. The van der Waals surface area contributed by atoms with E-state index in [1.165, 1.54) is 11.1 Å². The molecule has 1 spiro atoms. The Morgan fingerprint density at radius 3 is 2.74 bits per heavy atom. The van der Waals surface area contributed by atoms with E-state index >= 15 is 0 Å². The lowest BCUT2D eigenvalue weighted by atomic mass is 9.76. The minimum absolute atomic E-state index is 0.0714. The maximum Gasteiger partial charge on any atom is 0.260 e. The lowest BCUT2D eigenvalue weighted by Gasteiger charge is -2.38. The minimum atomic E-state index is 0.0714. The predicted octanol–water partition coefficient (Wildman–Crippen LogP) is 3.30. The smallest absolute Gasteiger partial charge is 0.260 e. The second-order valence-corrected chi connectivity index (χ2v) is 9.18. The van der Waals surface area contributed by atoms with Gasteiger partial charge in [-0.1, -0.05) is 23.8 Å². The van der Waals surface area contributed by atoms with Crippen molar-refractivity contribution in [2.45, 2.75) is 38.8 Å². The summed E-state index contributed by atoms with van der Waals surface area (Å²) in [5, 5.41) is 0. The van der Waals surface area contributed by atoms with Gasteiger partial charge in [-0.3, -0.25) is 14.7 Å². The van der Waals surface area contributed by atoms with Crippen molar-refractivity contribution < 1.29 is 14.3 Å². The number of carbonyl (C=O) groups is 1. The Morgan fingerprint density at radius 1 is 1.26 bits per heavy atom. The molecule has 6 heteroatoms. The molecule has 0 bridgehead atoms. The Bertz CT molecular complexity index is 848. The average Bonchev–Trinajstić information content (AvgIpc) is 3.16. The van der Waals surface area contributed by atoms with Crippen molar-refractivity contribution in [3.8, 4) is 5.75 Å². The van der Waals surface area contributed by atoms with Crippen LogP contribution in [0, 0.1) is 12.3 Å². The summed E-state index contributed by atoms with van der Waals surface area (Å²) in [5.41, 5.74) is 2.62. The van der Waals surface area contributed by atoms with Crippen LogP contribution in [-0.4, -0.2) is 66.7 Å². The highest BCUT2D eigenvalue weighted by atomic mass is 16.5. The van der Waals surface area contributed by atoms with Gasteiger partial charge >= 0.3 is 0 Å². The zero-order valence-corrected chi connectivity index (χ0v) is 18.6. The lowest BCUT2D eigenvalue weighted by Crippen LogP contribution is -2.45. The van der Waals surface area contributed by atoms with Crippen LogP contribution in [0.5, 0.6) is 5.75 Å². The number of carbonyl (C=O) groups excluding carboxylic acids is 1. The van der Waals surface area contributed by atoms with Gasteiger partial charge in [0.15, 0.2) is 6.61 Å². The molecule has 0 unspecified atom stereocenters. The van der Waals surface area contributed by atoms with Gasteiger partial charge in [-0.15, -0.1) is 0 Å². The second kappa shape index (κ2) is 9.79. The number of rotatable bonds is 7. The summed E-state index contributed by atoms with van der Waals surface area (Å²) >= 11 is 0. The first-order valence-corrected chi connectivity index (χ1v) is 11.2. The molecule has 1 amide bonds. The number of hydrogen-bond acceptors (Lipinski definition) is 5. The molecular weight excluding hydrogens is 390 g/mol. The highest BCUT2D eigenvalue weighted by molar-refractivity contribution is 5.77. The fourth-order valence-corrected chi connectivity index (χ4v) is 4.68. The third-order valence-electron chi connectivity index (χ3n) is 6.54.